The average Bonchev–Trinajstić information content (AvgIpc) is 3.33. The van der Waals surface area contributed by atoms with E-state index >= 15 is 0 Å². The van der Waals surface area contributed by atoms with Crippen molar-refractivity contribution in [3.63, 3.8) is 0 Å². The van der Waals surface area contributed by atoms with E-state index in [0.29, 0.717) is 12.4 Å². The minimum absolute atomic E-state index is 0. The molecule has 5 aromatic rings. The fourth-order valence-electron chi connectivity index (χ4n) is 3.45. The summed E-state index contributed by atoms with van der Waals surface area (Å²) in [7, 11) is 0. The Balaban J connectivity index is 0.00000231. The lowest BCUT2D eigenvalue weighted by Crippen LogP contribution is -1.98. The first-order chi connectivity index (χ1) is 14.8. The van der Waals surface area contributed by atoms with E-state index in [2.05, 4.69) is 60.9 Å². The van der Waals surface area contributed by atoms with Gasteiger partial charge in [-0.05, 0) is 40.1 Å². The van der Waals surface area contributed by atoms with Crippen LogP contribution in [0.2, 0.25) is 0 Å². The Morgan fingerprint density at radius 2 is 1.77 bits per heavy atom. The van der Waals surface area contributed by atoms with Crippen molar-refractivity contribution in [1.29, 1.82) is 0 Å². The Hall–Kier alpha value is -3.84. The number of aromatic nitrogens is 6. The number of rotatable bonds is 5. The molecule has 0 saturated heterocycles. The number of tetrazole rings is 1. The van der Waals surface area contributed by atoms with Crippen molar-refractivity contribution in [2.24, 2.45) is 0 Å². The molecule has 0 spiro atoms. The van der Waals surface area contributed by atoms with Gasteiger partial charge in [-0.1, -0.05) is 48.5 Å². The number of nitrogens with zero attached hydrogens (tertiary/aromatic N) is 5. The van der Waals surface area contributed by atoms with Gasteiger partial charge in [0.1, 0.15) is 12.4 Å². The third kappa shape index (κ3) is 4.22. The molecular formula is C23H19ClN6O. The van der Waals surface area contributed by atoms with Crippen LogP contribution in [0.1, 0.15) is 11.3 Å². The van der Waals surface area contributed by atoms with E-state index in [1.165, 1.54) is 0 Å². The zero-order valence-electron chi connectivity index (χ0n) is 16.7. The highest BCUT2D eigenvalue weighted by atomic mass is 35.5. The molecular weight excluding hydrogens is 412 g/mol. The van der Waals surface area contributed by atoms with Crippen molar-refractivity contribution in [1.82, 2.24) is 30.6 Å². The molecule has 31 heavy (non-hydrogen) atoms. The van der Waals surface area contributed by atoms with Crippen molar-refractivity contribution in [2.45, 2.75) is 13.5 Å². The number of aryl methyl sites for hydroxylation is 1. The molecule has 2 aromatic carbocycles. The summed E-state index contributed by atoms with van der Waals surface area (Å²) in [5.74, 6) is 1.46. The topological polar surface area (TPSA) is 89.5 Å². The van der Waals surface area contributed by atoms with Gasteiger partial charge in [-0.3, -0.25) is 9.97 Å². The smallest absolute Gasteiger partial charge is 0.180 e. The highest BCUT2D eigenvalue weighted by molar-refractivity contribution is 5.85. The standard InChI is InChI=1S/C23H18N6O.ClH/c1-15-12-22(20-10-11-24-13-21(20)25-15)30-14-16-6-8-17(9-7-16)18-4-2-3-5-19(18)23-26-28-29-27-23;/h2-13H,14H2,1H3,(H,26,27,28,29);1H. The summed E-state index contributed by atoms with van der Waals surface area (Å²) >= 11 is 0. The molecule has 0 unspecified atom stereocenters. The van der Waals surface area contributed by atoms with Gasteiger partial charge in [0.15, 0.2) is 5.82 Å². The predicted octanol–water partition coefficient (Wildman–Crippen LogP) is 4.79. The molecule has 1 N–H and O–H groups in total. The van der Waals surface area contributed by atoms with Crippen molar-refractivity contribution >= 4 is 23.3 Å². The van der Waals surface area contributed by atoms with Gasteiger partial charge in [0, 0.05) is 28.9 Å². The van der Waals surface area contributed by atoms with Crippen molar-refractivity contribution in [3.8, 4) is 28.3 Å². The van der Waals surface area contributed by atoms with Gasteiger partial charge in [0.25, 0.3) is 0 Å². The minimum Gasteiger partial charge on any atom is -0.488 e. The number of ether oxygens (including phenoxy) is 1. The van der Waals surface area contributed by atoms with Crippen LogP contribution >= 0.6 is 12.4 Å². The SMILES string of the molecule is Cc1cc(OCc2ccc(-c3ccccc3-c3nnn[nH]3)cc2)c2ccncc2n1.Cl. The summed E-state index contributed by atoms with van der Waals surface area (Å²) in [6.45, 7) is 2.42. The highest BCUT2D eigenvalue weighted by Gasteiger charge is 2.10. The third-order valence-corrected chi connectivity index (χ3v) is 4.89. The molecule has 0 aliphatic rings. The van der Waals surface area contributed by atoms with Crippen molar-refractivity contribution < 1.29 is 4.74 Å². The summed E-state index contributed by atoms with van der Waals surface area (Å²) in [6, 6.07) is 20.2. The van der Waals surface area contributed by atoms with Gasteiger partial charge in [0.05, 0.1) is 11.7 Å². The molecule has 0 aliphatic carbocycles. The Bertz CT molecular complexity index is 1310. The lowest BCUT2D eigenvalue weighted by Gasteiger charge is -2.11. The molecule has 0 aliphatic heterocycles. The van der Waals surface area contributed by atoms with Gasteiger partial charge < -0.3 is 4.74 Å². The Morgan fingerprint density at radius 1 is 0.968 bits per heavy atom. The Labute approximate surface area is 184 Å². The van der Waals surface area contributed by atoms with Crippen LogP contribution in [-0.4, -0.2) is 30.6 Å². The number of halogens is 1. The summed E-state index contributed by atoms with van der Waals surface area (Å²) in [5.41, 5.74) is 5.92. The van der Waals surface area contributed by atoms with Crippen LogP contribution < -0.4 is 4.74 Å². The molecule has 0 radical (unpaired) electrons. The molecule has 0 fully saturated rings. The third-order valence-electron chi connectivity index (χ3n) is 4.89. The fraction of sp³-hybridized carbons (Fsp3) is 0.0870. The zero-order chi connectivity index (χ0) is 20.3. The molecule has 3 heterocycles. The minimum atomic E-state index is 0. The van der Waals surface area contributed by atoms with E-state index in [1.54, 1.807) is 12.4 Å². The number of benzene rings is 2. The molecule has 5 rings (SSSR count). The van der Waals surface area contributed by atoms with Crippen LogP contribution in [0.25, 0.3) is 33.4 Å². The monoisotopic (exact) mass is 430 g/mol. The van der Waals surface area contributed by atoms with Gasteiger partial charge in [-0.25, -0.2) is 5.10 Å². The summed E-state index contributed by atoms with van der Waals surface area (Å²) in [5, 5.41) is 15.2. The first-order valence-electron chi connectivity index (χ1n) is 9.54. The van der Waals surface area contributed by atoms with Gasteiger partial charge in [-0.15, -0.1) is 17.5 Å². The average molecular weight is 431 g/mol. The fourth-order valence-corrected chi connectivity index (χ4v) is 3.45. The maximum Gasteiger partial charge on any atom is 0.180 e. The van der Waals surface area contributed by atoms with E-state index in [9.17, 15) is 0 Å². The zero-order valence-corrected chi connectivity index (χ0v) is 17.5. The summed E-state index contributed by atoms with van der Waals surface area (Å²) in [6.07, 6.45) is 3.51. The number of hydrogen-bond donors (Lipinski definition) is 1. The van der Waals surface area contributed by atoms with E-state index < -0.39 is 0 Å². The molecule has 3 aromatic heterocycles. The quantitative estimate of drug-likeness (QED) is 0.431. The van der Waals surface area contributed by atoms with Gasteiger partial charge in [0.2, 0.25) is 0 Å². The molecule has 0 saturated carbocycles. The van der Waals surface area contributed by atoms with Crippen LogP contribution in [-0.2, 0) is 6.61 Å². The molecule has 7 nitrogen and oxygen atoms in total. The van der Waals surface area contributed by atoms with Gasteiger partial charge >= 0.3 is 0 Å². The number of fused-ring (bicyclic) bond motifs is 1. The largest absolute Gasteiger partial charge is 0.488 e. The second-order valence-corrected chi connectivity index (χ2v) is 6.94. The van der Waals surface area contributed by atoms with Crippen LogP contribution in [0, 0.1) is 6.92 Å². The molecule has 0 amide bonds. The number of H-pyrrole nitrogens is 1. The Kier molecular flexibility index (Phi) is 5.86. The lowest BCUT2D eigenvalue weighted by molar-refractivity contribution is 0.309. The first kappa shape index (κ1) is 20.4. The van der Waals surface area contributed by atoms with E-state index in [1.807, 2.05) is 37.3 Å². The summed E-state index contributed by atoms with van der Waals surface area (Å²) < 4.78 is 6.12. The predicted molar refractivity (Wildman–Crippen MR) is 121 cm³/mol. The molecule has 154 valence electrons. The molecule has 8 heteroatoms. The maximum atomic E-state index is 6.12. The first-order valence-corrected chi connectivity index (χ1v) is 9.54. The molecule has 0 bridgehead atoms. The number of nitrogens with one attached hydrogen (secondary N) is 1. The van der Waals surface area contributed by atoms with E-state index in [4.69, 9.17) is 4.74 Å². The van der Waals surface area contributed by atoms with Crippen LogP contribution in [0.15, 0.2) is 73.1 Å². The van der Waals surface area contributed by atoms with E-state index in [-0.39, 0.29) is 12.4 Å². The number of hydrogen-bond acceptors (Lipinski definition) is 6. The van der Waals surface area contributed by atoms with Gasteiger partial charge in [-0.2, -0.15) is 0 Å². The maximum absolute atomic E-state index is 6.12. The number of aromatic amines is 1. The Morgan fingerprint density at radius 3 is 2.55 bits per heavy atom. The molecule has 0 atom stereocenters. The second-order valence-electron chi connectivity index (χ2n) is 6.94. The van der Waals surface area contributed by atoms with Crippen LogP contribution in [0.4, 0.5) is 0 Å². The normalized spacial score (nSPS) is 10.6. The number of pyridine rings is 2. The summed E-state index contributed by atoms with van der Waals surface area (Å²) in [4.78, 5) is 8.65. The lowest BCUT2D eigenvalue weighted by atomic mass is 9.98. The van der Waals surface area contributed by atoms with Crippen LogP contribution in [0.3, 0.4) is 0 Å². The van der Waals surface area contributed by atoms with Crippen LogP contribution in [0.5, 0.6) is 5.75 Å². The second kappa shape index (κ2) is 8.89. The van der Waals surface area contributed by atoms with Crippen molar-refractivity contribution in [2.75, 3.05) is 0 Å². The van der Waals surface area contributed by atoms with E-state index in [0.717, 1.165) is 44.6 Å². The highest BCUT2D eigenvalue weighted by Crippen LogP contribution is 2.30. The van der Waals surface area contributed by atoms with Crippen molar-refractivity contribution in [3.05, 3.63) is 84.3 Å².